The molecule has 2 aromatic carbocycles. The predicted octanol–water partition coefficient (Wildman–Crippen LogP) is 3.07. The number of benzene rings is 2. The van der Waals surface area contributed by atoms with Gasteiger partial charge < -0.3 is 19.8 Å². The van der Waals surface area contributed by atoms with Gasteiger partial charge in [0.1, 0.15) is 22.9 Å². The lowest BCUT2D eigenvalue weighted by Gasteiger charge is -2.14. The van der Waals surface area contributed by atoms with E-state index in [4.69, 9.17) is 15.2 Å². The Bertz CT molecular complexity index is 805. The first kappa shape index (κ1) is 16.1. The minimum atomic E-state index is 0.533. The van der Waals surface area contributed by atoms with E-state index in [2.05, 4.69) is 21.7 Å². The molecule has 0 aliphatic carbocycles. The van der Waals surface area contributed by atoms with Gasteiger partial charge in [0.15, 0.2) is 0 Å². The van der Waals surface area contributed by atoms with Gasteiger partial charge in [-0.3, -0.25) is 0 Å². The van der Waals surface area contributed by atoms with Gasteiger partial charge >= 0.3 is 0 Å². The number of hydrogen-bond acceptors (Lipinski definition) is 4. The second kappa shape index (κ2) is 7.19. The Labute approximate surface area is 141 Å². The SMILES string of the molecule is COc1cccc(OC)c1-c1nccn1Cc1cccc(CN)c1. The van der Waals surface area contributed by atoms with Crippen LogP contribution >= 0.6 is 0 Å². The summed E-state index contributed by atoms with van der Waals surface area (Å²) in [5.41, 5.74) is 8.87. The summed E-state index contributed by atoms with van der Waals surface area (Å²) in [4.78, 5) is 4.52. The number of aromatic nitrogens is 2. The number of hydrogen-bond donors (Lipinski definition) is 1. The maximum Gasteiger partial charge on any atom is 0.147 e. The summed E-state index contributed by atoms with van der Waals surface area (Å²) in [6.07, 6.45) is 3.74. The molecule has 0 aliphatic heterocycles. The van der Waals surface area contributed by atoms with E-state index in [-0.39, 0.29) is 0 Å². The van der Waals surface area contributed by atoms with E-state index in [0.29, 0.717) is 13.1 Å². The highest BCUT2D eigenvalue weighted by Gasteiger charge is 2.17. The van der Waals surface area contributed by atoms with Crippen LogP contribution in [0.5, 0.6) is 11.5 Å². The molecule has 0 fully saturated rings. The van der Waals surface area contributed by atoms with Crippen molar-refractivity contribution < 1.29 is 9.47 Å². The van der Waals surface area contributed by atoms with Gasteiger partial charge in [-0.05, 0) is 23.3 Å². The first-order chi connectivity index (χ1) is 11.8. The van der Waals surface area contributed by atoms with Crippen molar-refractivity contribution in [3.63, 3.8) is 0 Å². The quantitative estimate of drug-likeness (QED) is 0.757. The fraction of sp³-hybridized carbons (Fsp3) is 0.211. The summed E-state index contributed by atoms with van der Waals surface area (Å²) in [5, 5.41) is 0. The van der Waals surface area contributed by atoms with Crippen molar-refractivity contribution in [3.8, 4) is 22.9 Å². The van der Waals surface area contributed by atoms with Gasteiger partial charge in [-0.15, -0.1) is 0 Å². The van der Waals surface area contributed by atoms with Gasteiger partial charge in [-0.1, -0.05) is 30.3 Å². The lowest BCUT2D eigenvalue weighted by Crippen LogP contribution is -2.04. The molecule has 5 nitrogen and oxygen atoms in total. The highest BCUT2D eigenvalue weighted by molar-refractivity contribution is 5.72. The number of rotatable bonds is 6. The lowest BCUT2D eigenvalue weighted by molar-refractivity contribution is 0.396. The van der Waals surface area contributed by atoms with Gasteiger partial charge in [0, 0.05) is 25.5 Å². The van der Waals surface area contributed by atoms with Gasteiger partial charge in [0.2, 0.25) is 0 Å². The van der Waals surface area contributed by atoms with E-state index in [1.165, 1.54) is 5.56 Å². The van der Waals surface area contributed by atoms with Crippen LogP contribution in [0.25, 0.3) is 11.4 Å². The van der Waals surface area contributed by atoms with Crippen molar-refractivity contribution in [1.29, 1.82) is 0 Å². The molecule has 1 heterocycles. The molecule has 0 aliphatic rings. The van der Waals surface area contributed by atoms with Crippen molar-refractivity contribution in [3.05, 3.63) is 66.0 Å². The Morgan fingerprint density at radius 3 is 2.33 bits per heavy atom. The van der Waals surface area contributed by atoms with E-state index in [1.807, 2.05) is 36.5 Å². The van der Waals surface area contributed by atoms with E-state index >= 15 is 0 Å². The molecular weight excluding hydrogens is 302 g/mol. The van der Waals surface area contributed by atoms with Crippen LogP contribution in [0, 0.1) is 0 Å². The summed E-state index contributed by atoms with van der Waals surface area (Å²) in [6, 6.07) is 14.0. The minimum Gasteiger partial charge on any atom is -0.496 e. The van der Waals surface area contributed by atoms with Gasteiger partial charge in [-0.2, -0.15) is 0 Å². The first-order valence-corrected chi connectivity index (χ1v) is 7.77. The zero-order valence-electron chi connectivity index (χ0n) is 13.9. The third-order valence-corrected chi connectivity index (χ3v) is 3.95. The maximum absolute atomic E-state index is 5.74. The van der Waals surface area contributed by atoms with Crippen LogP contribution in [0.4, 0.5) is 0 Å². The summed E-state index contributed by atoms with van der Waals surface area (Å²) >= 11 is 0. The molecule has 2 N–H and O–H groups in total. The van der Waals surface area contributed by atoms with E-state index in [1.54, 1.807) is 20.4 Å². The molecule has 3 rings (SSSR count). The third-order valence-electron chi connectivity index (χ3n) is 3.95. The molecule has 0 atom stereocenters. The molecule has 24 heavy (non-hydrogen) atoms. The molecule has 0 saturated carbocycles. The maximum atomic E-state index is 5.74. The molecule has 1 aromatic heterocycles. The Morgan fingerprint density at radius 2 is 1.67 bits per heavy atom. The number of nitrogens with two attached hydrogens (primary N) is 1. The highest BCUT2D eigenvalue weighted by atomic mass is 16.5. The second-order valence-corrected chi connectivity index (χ2v) is 5.44. The van der Waals surface area contributed by atoms with Crippen LogP contribution in [0.1, 0.15) is 11.1 Å². The molecule has 0 bridgehead atoms. The smallest absolute Gasteiger partial charge is 0.147 e. The largest absolute Gasteiger partial charge is 0.496 e. The van der Waals surface area contributed by atoms with E-state index in [9.17, 15) is 0 Å². The molecule has 5 heteroatoms. The zero-order valence-corrected chi connectivity index (χ0v) is 13.9. The molecule has 0 unspecified atom stereocenters. The van der Waals surface area contributed by atoms with E-state index in [0.717, 1.165) is 28.5 Å². The summed E-state index contributed by atoms with van der Waals surface area (Å²) in [7, 11) is 3.30. The Hall–Kier alpha value is -2.79. The molecule has 3 aromatic rings. The minimum absolute atomic E-state index is 0.533. The fourth-order valence-electron chi connectivity index (χ4n) is 2.79. The molecule has 0 saturated heterocycles. The average Bonchev–Trinajstić information content (AvgIpc) is 3.08. The van der Waals surface area contributed by atoms with Gasteiger partial charge in [-0.25, -0.2) is 4.98 Å². The number of methoxy groups -OCH3 is 2. The Morgan fingerprint density at radius 1 is 1.00 bits per heavy atom. The number of nitrogens with zero attached hydrogens (tertiary/aromatic N) is 2. The van der Waals surface area contributed by atoms with Crippen molar-refractivity contribution in [2.45, 2.75) is 13.1 Å². The molecule has 0 amide bonds. The highest BCUT2D eigenvalue weighted by Crippen LogP contribution is 2.37. The average molecular weight is 323 g/mol. The van der Waals surface area contributed by atoms with Crippen molar-refractivity contribution in [1.82, 2.24) is 9.55 Å². The standard InChI is InChI=1S/C19H21N3O2/c1-23-16-7-4-8-17(24-2)18(16)19-21-9-10-22(19)13-15-6-3-5-14(11-15)12-20/h3-11H,12-13,20H2,1-2H3. The zero-order chi connectivity index (χ0) is 16.9. The van der Waals surface area contributed by atoms with Crippen molar-refractivity contribution >= 4 is 0 Å². The monoisotopic (exact) mass is 323 g/mol. The summed E-state index contributed by atoms with van der Waals surface area (Å²) in [5.74, 6) is 2.28. The molecule has 124 valence electrons. The molecular formula is C19H21N3O2. The normalized spacial score (nSPS) is 10.6. The molecule has 0 spiro atoms. The van der Waals surface area contributed by atoms with Crippen LogP contribution in [-0.4, -0.2) is 23.8 Å². The number of ether oxygens (including phenoxy) is 2. The number of imidazole rings is 1. The molecule has 0 radical (unpaired) electrons. The Balaban J connectivity index is 2.02. The van der Waals surface area contributed by atoms with Gasteiger partial charge in [0.25, 0.3) is 0 Å². The van der Waals surface area contributed by atoms with Crippen LogP contribution in [-0.2, 0) is 13.1 Å². The third kappa shape index (κ3) is 3.12. The van der Waals surface area contributed by atoms with E-state index < -0.39 is 0 Å². The van der Waals surface area contributed by atoms with Crippen LogP contribution < -0.4 is 15.2 Å². The topological polar surface area (TPSA) is 62.3 Å². The summed E-state index contributed by atoms with van der Waals surface area (Å²) in [6.45, 7) is 1.23. The lowest BCUT2D eigenvalue weighted by atomic mass is 10.1. The first-order valence-electron chi connectivity index (χ1n) is 7.77. The van der Waals surface area contributed by atoms with Crippen molar-refractivity contribution in [2.75, 3.05) is 14.2 Å². The second-order valence-electron chi connectivity index (χ2n) is 5.44. The van der Waals surface area contributed by atoms with Crippen molar-refractivity contribution in [2.24, 2.45) is 5.73 Å². The van der Waals surface area contributed by atoms with Crippen LogP contribution in [0.15, 0.2) is 54.9 Å². The Kier molecular flexibility index (Phi) is 4.82. The van der Waals surface area contributed by atoms with Crippen LogP contribution in [0.3, 0.4) is 0 Å². The van der Waals surface area contributed by atoms with Crippen LogP contribution in [0.2, 0.25) is 0 Å². The fourth-order valence-corrected chi connectivity index (χ4v) is 2.79. The predicted molar refractivity (Wildman–Crippen MR) is 94.2 cm³/mol. The summed E-state index contributed by atoms with van der Waals surface area (Å²) < 4.78 is 13.1. The van der Waals surface area contributed by atoms with Gasteiger partial charge in [0.05, 0.1) is 14.2 Å².